The average Bonchev–Trinajstić information content (AvgIpc) is 3.40. The number of aromatic nitrogens is 5. The molecule has 3 aromatic heterocycles. The zero-order valence-electron chi connectivity index (χ0n) is 20.5. The van der Waals surface area contributed by atoms with Gasteiger partial charge in [0.2, 0.25) is 5.89 Å². The molecule has 0 atom stereocenters. The van der Waals surface area contributed by atoms with E-state index in [9.17, 15) is 5.26 Å². The highest BCUT2D eigenvalue weighted by Crippen LogP contribution is 2.30. The molecule has 0 radical (unpaired) electrons. The van der Waals surface area contributed by atoms with Gasteiger partial charge in [-0.3, -0.25) is 4.98 Å². The van der Waals surface area contributed by atoms with E-state index in [4.69, 9.17) is 10.2 Å². The number of nitriles is 1. The Bertz CT molecular complexity index is 1410. The first-order valence-electron chi connectivity index (χ1n) is 11.7. The molecule has 1 aliphatic rings. The van der Waals surface area contributed by atoms with Gasteiger partial charge in [-0.15, -0.1) is 10.2 Å². The van der Waals surface area contributed by atoms with Crippen molar-refractivity contribution in [2.24, 2.45) is 0 Å². The number of benzene rings is 1. The van der Waals surface area contributed by atoms with Crippen LogP contribution in [-0.4, -0.2) is 63.3 Å². The van der Waals surface area contributed by atoms with E-state index in [0.717, 1.165) is 37.3 Å². The number of nitrogens with two attached hydrogens (primary N) is 1. The summed E-state index contributed by atoms with van der Waals surface area (Å²) in [4.78, 5) is 18.0. The fourth-order valence-corrected chi connectivity index (χ4v) is 4.00. The van der Waals surface area contributed by atoms with Gasteiger partial charge in [-0.25, -0.2) is 9.97 Å². The quantitative estimate of drug-likeness (QED) is 0.452. The topological polar surface area (TPSA) is 134 Å². The predicted octanol–water partition coefficient (Wildman–Crippen LogP) is 3.39. The maximum atomic E-state index is 9.46. The minimum absolute atomic E-state index is 0.186. The SMILES string of the molecule is CN1CCN(c2ccc(-c3nnc(-c4nc(-c5ccnc(C(C)(C)C#N)c5)cnc4N)o3)cc2)CC1. The van der Waals surface area contributed by atoms with E-state index in [0.29, 0.717) is 23.0 Å². The van der Waals surface area contributed by atoms with Gasteiger partial charge in [0.15, 0.2) is 11.5 Å². The summed E-state index contributed by atoms with van der Waals surface area (Å²) < 4.78 is 5.94. The first kappa shape index (κ1) is 23.4. The Morgan fingerprint density at radius 1 is 0.972 bits per heavy atom. The Balaban J connectivity index is 1.40. The number of piperazine rings is 1. The van der Waals surface area contributed by atoms with Crippen LogP contribution in [0.2, 0.25) is 0 Å². The molecule has 4 heterocycles. The van der Waals surface area contributed by atoms with Gasteiger partial charge in [-0.05, 0) is 57.3 Å². The van der Waals surface area contributed by atoms with E-state index in [-0.39, 0.29) is 11.7 Å². The molecular weight excluding hydrogens is 454 g/mol. The number of anilines is 2. The van der Waals surface area contributed by atoms with Crippen LogP contribution in [-0.2, 0) is 5.41 Å². The van der Waals surface area contributed by atoms with Crippen LogP contribution in [0.25, 0.3) is 34.3 Å². The number of pyridine rings is 1. The first-order valence-corrected chi connectivity index (χ1v) is 11.7. The molecule has 0 spiro atoms. The molecule has 182 valence electrons. The standard InChI is InChI=1S/C26H27N9O/c1-26(2,16-27)21-14-18(8-9-29-21)20-15-30-23(28)22(31-20)25-33-32-24(36-25)17-4-6-19(7-5-17)35-12-10-34(3)11-13-35/h4-9,14-15H,10-13H2,1-3H3,(H2,28,30). The molecule has 36 heavy (non-hydrogen) atoms. The second-order valence-corrected chi connectivity index (χ2v) is 9.41. The van der Waals surface area contributed by atoms with Gasteiger partial charge < -0.3 is 20.0 Å². The van der Waals surface area contributed by atoms with Crippen LogP contribution in [0.15, 0.2) is 53.2 Å². The molecule has 0 unspecified atom stereocenters. The number of nitrogen functional groups attached to an aromatic ring is 1. The number of hydrogen-bond acceptors (Lipinski definition) is 10. The summed E-state index contributed by atoms with van der Waals surface area (Å²) >= 11 is 0. The number of nitrogens with zero attached hydrogens (tertiary/aromatic N) is 8. The Morgan fingerprint density at radius 3 is 2.42 bits per heavy atom. The van der Waals surface area contributed by atoms with Crippen LogP contribution in [0.3, 0.4) is 0 Å². The minimum Gasteiger partial charge on any atom is -0.414 e. The molecular formula is C26H27N9O. The van der Waals surface area contributed by atoms with Crippen molar-refractivity contribution in [1.82, 2.24) is 30.0 Å². The molecule has 0 saturated carbocycles. The zero-order chi connectivity index (χ0) is 25.3. The van der Waals surface area contributed by atoms with Crippen molar-refractivity contribution >= 4 is 11.5 Å². The fraction of sp³-hybridized carbons (Fsp3) is 0.308. The van der Waals surface area contributed by atoms with E-state index in [1.807, 2.05) is 38.1 Å². The van der Waals surface area contributed by atoms with Gasteiger partial charge in [0.1, 0.15) is 0 Å². The van der Waals surface area contributed by atoms with Crippen molar-refractivity contribution in [3.8, 4) is 40.4 Å². The molecule has 1 aromatic carbocycles. The molecule has 1 fully saturated rings. The molecule has 0 bridgehead atoms. The summed E-state index contributed by atoms with van der Waals surface area (Å²) in [5.41, 5.74) is 9.63. The fourth-order valence-electron chi connectivity index (χ4n) is 4.00. The lowest BCUT2D eigenvalue weighted by Crippen LogP contribution is -2.44. The molecule has 10 heteroatoms. The Hall–Kier alpha value is -4.36. The molecule has 0 aliphatic carbocycles. The average molecular weight is 482 g/mol. The second-order valence-electron chi connectivity index (χ2n) is 9.41. The predicted molar refractivity (Wildman–Crippen MR) is 137 cm³/mol. The summed E-state index contributed by atoms with van der Waals surface area (Å²) in [6.45, 7) is 7.73. The van der Waals surface area contributed by atoms with Crippen molar-refractivity contribution in [2.45, 2.75) is 19.3 Å². The van der Waals surface area contributed by atoms with Gasteiger partial charge in [-0.1, -0.05) is 0 Å². The maximum Gasteiger partial charge on any atom is 0.270 e. The number of hydrogen-bond donors (Lipinski definition) is 1. The third-order valence-electron chi connectivity index (χ3n) is 6.39. The van der Waals surface area contributed by atoms with Gasteiger partial charge in [0, 0.05) is 49.2 Å². The molecule has 10 nitrogen and oxygen atoms in total. The monoisotopic (exact) mass is 481 g/mol. The van der Waals surface area contributed by atoms with E-state index in [2.05, 4.69) is 60.2 Å². The van der Waals surface area contributed by atoms with Gasteiger partial charge in [-0.2, -0.15) is 5.26 Å². The van der Waals surface area contributed by atoms with Crippen LogP contribution in [0.4, 0.5) is 11.5 Å². The van der Waals surface area contributed by atoms with Crippen molar-refractivity contribution < 1.29 is 4.42 Å². The molecule has 1 aliphatic heterocycles. The van der Waals surface area contributed by atoms with Crippen LogP contribution < -0.4 is 10.6 Å². The molecule has 2 N–H and O–H groups in total. The van der Waals surface area contributed by atoms with Crippen molar-refractivity contribution in [1.29, 1.82) is 5.26 Å². The summed E-state index contributed by atoms with van der Waals surface area (Å²) in [5, 5.41) is 17.8. The second kappa shape index (κ2) is 9.36. The van der Waals surface area contributed by atoms with Gasteiger partial charge in [0.05, 0.1) is 29.1 Å². The summed E-state index contributed by atoms with van der Waals surface area (Å²) in [5.74, 6) is 0.751. The lowest BCUT2D eigenvalue weighted by molar-refractivity contribution is 0.313. The van der Waals surface area contributed by atoms with Crippen molar-refractivity contribution in [3.63, 3.8) is 0 Å². The van der Waals surface area contributed by atoms with Crippen LogP contribution in [0.5, 0.6) is 0 Å². The highest BCUT2D eigenvalue weighted by molar-refractivity contribution is 5.69. The Kier molecular flexibility index (Phi) is 6.08. The largest absolute Gasteiger partial charge is 0.414 e. The van der Waals surface area contributed by atoms with Crippen molar-refractivity contribution in [3.05, 3.63) is 54.5 Å². The first-order chi connectivity index (χ1) is 17.3. The van der Waals surface area contributed by atoms with Crippen molar-refractivity contribution in [2.75, 3.05) is 43.9 Å². The molecule has 0 amide bonds. The van der Waals surface area contributed by atoms with Crippen LogP contribution in [0, 0.1) is 11.3 Å². The Morgan fingerprint density at radius 2 is 1.69 bits per heavy atom. The van der Waals surface area contributed by atoms with Crippen LogP contribution >= 0.6 is 0 Å². The van der Waals surface area contributed by atoms with E-state index < -0.39 is 5.41 Å². The number of rotatable bonds is 5. The minimum atomic E-state index is -0.735. The van der Waals surface area contributed by atoms with E-state index in [1.165, 1.54) is 5.69 Å². The highest BCUT2D eigenvalue weighted by Gasteiger charge is 2.23. The summed E-state index contributed by atoms with van der Waals surface area (Å²) in [6, 6.07) is 14.0. The summed E-state index contributed by atoms with van der Waals surface area (Å²) in [6.07, 6.45) is 3.23. The Labute approximate surface area is 209 Å². The molecule has 5 rings (SSSR count). The zero-order valence-corrected chi connectivity index (χ0v) is 20.5. The maximum absolute atomic E-state index is 9.46. The molecule has 1 saturated heterocycles. The number of likely N-dealkylation sites (N-methyl/N-ethyl adjacent to an activating group) is 1. The normalized spacial score (nSPS) is 14.6. The third-order valence-corrected chi connectivity index (χ3v) is 6.39. The summed E-state index contributed by atoms with van der Waals surface area (Å²) in [7, 11) is 2.14. The van der Waals surface area contributed by atoms with E-state index in [1.54, 1.807) is 12.4 Å². The van der Waals surface area contributed by atoms with Gasteiger partial charge in [0.25, 0.3) is 5.89 Å². The third kappa shape index (κ3) is 4.61. The highest BCUT2D eigenvalue weighted by atomic mass is 16.4. The molecule has 4 aromatic rings. The van der Waals surface area contributed by atoms with Gasteiger partial charge >= 0.3 is 0 Å². The lowest BCUT2D eigenvalue weighted by Gasteiger charge is -2.34. The van der Waals surface area contributed by atoms with E-state index >= 15 is 0 Å². The smallest absolute Gasteiger partial charge is 0.270 e. The lowest BCUT2D eigenvalue weighted by atomic mass is 9.90. The van der Waals surface area contributed by atoms with Crippen LogP contribution in [0.1, 0.15) is 19.5 Å².